The van der Waals surface area contributed by atoms with Gasteiger partial charge in [-0.15, -0.1) is 0 Å². The van der Waals surface area contributed by atoms with Gasteiger partial charge in [0, 0.05) is 12.2 Å². The number of ether oxygens (including phenoxy) is 1. The smallest absolute Gasteiger partial charge is 0.0963 e. The fourth-order valence-corrected chi connectivity index (χ4v) is 2.03. The maximum absolute atomic E-state index is 10.2. The zero-order valence-electron chi connectivity index (χ0n) is 9.11. The summed E-state index contributed by atoms with van der Waals surface area (Å²) < 4.78 is 10.5. The SMILES string of the molecule is CC(O)(CCC1CCCO1)c1ccoc1. The molecule has 1 fully saturated rings. The van der Waals surface area contributed by atoms with E-state index in [1.807, 2.05) is 13.0 Å². The highest BCUT2D eigenvalue weighted by molar-refractivity contribution is 5.14. The summed E-state index contributed by atoms with van der Waals surface area (Å²) in [7, 11) is 0. The third kappa shape index (κ3) is 2.61. The van der Waals surface area contributed by atoms with Gasteiger partial charge < -0.3 is 14.3 Å². The number of furan rings is 1. The Morgan fingerprint density at radius 1 is 1.60 bits per heavy atom. The predicted molar refractivity (Wildman–Crippen MR) is 56.5 cm³/mol. The van der Waals surface area contributed by atoms with Gasteiger partial charge in [0.25, 0.3) is 0 Å². The molecule has 1 aliphatic heterocycles. The zero-order valence-corrected chi connectivity index (χ0v) is 9.11. The van der Waals surface area contributed by atoms with Crippen molar-refractivity contribution in [2.75, 3.05) is 6.61 Å². The molecule has 2 atom stereocenters. The van der Waals surface area contributed by atoms with Gasteiger partial charge in [0.1, 0.15) is 0 Å². The van der Waals surface area contributed by atoms with Crippen LogP contribution in [0.3, 0.4) is 0 Å². The first kappa shape index (κ1) is 10.7. The third-order valence-corrected chi connectivity index (χ3v) is 3.12. The van der Waals surface area contributed by atoms with E-state index in [2.05, 4.69) is 0 Å². The van der Waals surface area contributed by atoms with Gasteiger partial charge in [-0.3, -0.25) is 0 Å². The lowest BCUT2D eigenvalue weighted by molar-refractivity contribution is 0.0216. The maximum atomic E-state index is 10.2. The van der Waals surface area contributed by atoms with Crippen molar-refractivity contribution in [3.8, 4) is 0 Å². The molecule has 2 heterocycles. The lowest BCUT2D eigenvalue weighted by Gasteiger charge is -2.23. The van der Waals surface area contributed by atoms with Gasteiger partial charge in [0.05, 0.1) is 24.2 Å². The molecule has 2 rings (SSSR count). The molecule has 2 unspecified atom stereocenters. The highest BCUT2D eigenvalue weighted by Gasteiger charge is 2.26. The lowest BCUT2D eigenvalue weighted by Crippen LogP contribution is -2.22. The molecule has 0 amide bonds. The van der Waals surface area contributed by atoms with Gasteiger partial charge in [0.15, 0.2) is 0 Å². The molecular formula is C12H18O3. The van der Waals surface area contributed by atoms with E-state index in [4.69, 9.17) is 9.15 Å². The van der Waals surface area contributed by atoms with Crippen LogP contribution in [0.25, 0.3) is 0 Å². The molecule has 0 aromatic carbocycles. The number of rotatable bonds is 4. The molecule has 0 spiro atoms. The van der Waals surface area contributed by atoms with Crippen molar-refractivity contribution in [1.29, 1.82) is 0 Å². The highest BCUT2D eigenvalue weighted by Crippen LogP contribution is 2.29. The summed E-state index contributed by atoms with van der Waals surface area (Å²) in [6, 6.07) is 1.81. The minimum absolute atomic E-state index is 0.336. The van der Waals surface area contributed by atoms with E-state index in [1.165, 1.54) is 0 Å². The minimum atomic E-state index is -0.793. The van der Waals surface area contributed by atoms with Crippen molar-refractivity contribution < 1.29 is 14.3 Å². The second-order valence-electron chi connectivity index (χ2n) is 4.46. The van der Waals surface area contributed by atoms with Crippen LogP contribution in [0.5, 0.6) is 0 Å². The molecule has 3 nitrogen and oxygen atoms in total. The zero-order chi connectivity index (χ0) is 10.7. The van der Waals surface area contributed by atoms with Crippen LogP contribution in [-0.4, -0.2) is 17.8 Å². The molecule has 84 valence electrons. The molecule has 0 radical (unpaired) electrons. The molecule has 1 aromatic rings. The summed E-state index contributed by atoms with van der Waals surface area (Å²) in [4.78, 5) is 0. The quantitative estimate of drug-likeness (QED) is 0.830. The van der Waals surface area contributed by atoms with E-state index in [-0.39, 0.29) is 0 Å². The predicted octanol–water partition coefficient (Wildman–Crippen LogP) is 2.45. The van der Waals surface area contributed by atoms with Gasteiger partial charge in [-0.25, -0.2) is 0 Å². The summed E-state index contributed by atoms with van der Waals surface area (Å²) in [5, 5.41) is 10.2. The Morgan fingerprint density at radius 2 is 2.47 bits per heavy atom. The third-order valence-electron chi connectivity index (χ3n) is 3.12. The Hall–Kier alpha value is -0.800. The van der Waals surface area contributed by atoms with E-state index < -0.39 is 5.60 Å². The average molecular weight is 210 g/mol. The van der Waals surface area contributed by atoms with Crippen LogP contribution >= 0.6 is 0 Å². The summed E-state index contributed by atoms with van der Waals surface area (Å²) in [6.07, 6.45) is 7.45. The summed E-state index contributed by atoms with van der Waals surface area (Å²) in [6.45, 7) is 2.70. The van der Waals surface area contributed by atoms with Crippen LogP contribution in [0.1, 0.15) is 38.2 Å². The lowest BCUT2D eigenvalue weighted by atomic mass is 9.91. The Kier molecular flexibility index (Phi) is 3.12. The van der Waals surface area contributed by atoms with Crippen molar-refractivity contribution in [1.82, 2.24) is 0 Å². The molecule has 1 saturated heterocycles. The number of hydrogen-bond donors (Lipinski definition) is 1. The maximum Gasteiger partial charge on any atom is 0.0963 e. The Morgan fingerprint density at radius 3 is 3.07 bits per heavy atom. The normalized spacial score (nSPS) is 25.3. The van der Waals surface area contributed by atoms with Crippen molar-refractivity contribution in [3.63, 3.8) is 0 Å². The van der Waals surface area contributed by atoms with E-state index >= 15 is 0 Å². The van der Waals surface area contributed by atoms with Crippen LogP contribution in [0, 0.1) is 0 Å². The van der Waals surface area contributed by atoms with E-state index in [1.54, 1.807) is 12.5 Å². The number of hydrogen-bond acceptors (Lipinski definition) is 3. The fourth-order valence-electron chi connectivity index (χ4n) is 2.03. The topological polar surface area (TPSA) is 42.6 Å². The molecule has 15 heavy (non-hydrogen) atoms. The Bertz CT molecular complexity index is 284. The second kappa shape index (κ2) is 4.37. The fraction of sp³-hybridized carbons (Fsp3) is 0.667. The van der Waals surface area contributed by atoms with Crippen LogP contribution in [0.2, 0.25) is 0 Å². The molecule has 1 N–H and O–H groups in total. The van der Waals surface area contributed by atoms with E-state index in [0.29, 0.717) is 6.10 Å². The summed E-state index contributed by atoms with van der Waals surface area (Å²) in [5.41, 5.74) is 0.0550. The van der Waals surface area contributed by atoms with Crippen molar-refractivity contribution in [2.24, 2.45) is 0 Å². The first-order chi connectivity index (χ1) is 7.18. The monoisotopic (exact) mass is 210 g/mol. The van der Waals surface area contributed by atoms with Gasteiger partial charge in [0.2, 0.25) is 0 Å². The van der Waals surface area contributed by atoms with Crippen LogP contribution in [0.15, 0.2) is 23.0 Å². The molecule has 1 aliphatic rings. The summed E-state index contributed by atoms with van der Waals surface area (Å²) in [5.74, 6) is 0. The largest absolute Gasteiger partial charge is 0.472 e. The van der Waals surface area contributed by atoms with Crippen LogP contribution in [-0.2, 0) is 10.3 Å². The van der Waals surface area contributed by atoms with Crippen LogP contribution < -0.4 is 0 Å². The molecule has 0 saturated carbocycles. The molecule has 1 aromatic heterocycles. The molecule has 0 aliphatic carbocycles. The van der Waals surface area contributed by atoms with Crippen molar-refractivity contribution in [3.05, 3.63) is 24.2 Å². The van der Waals surface area contributed by atoms with Gasteiger partial charge in [-0.05, 0) is 38.7 Å². The molecule has 3 heteroatoms. The minimum Gasteiger partial charge on any atom is -0.472 e. The first-order valence-corrected chi connectivity index (χ1v) is 5.55. The first-order valence-electron chi connectivity index (χ1n) is 5.55. The Balaban J connectivity index is 1.87. The van der Waals surface area contributed by atoms with E-state index in [0.717, 1.165) is 37.9 Å². The van der Waals surface area contributed by atoms with E-state index in [9.17, 15) is 5.11 Å². The van der Waals surface area contributed by atoms with Crippen molar-refractivity contribution >= 4 is 0 Å². The Labute approximate surface area is 90.0 Å². The number of aliphatic hydroxyl groups is 1. The second-order valence-corrected chi connectivity index (χ2v) is 4.46. The standard InChI is InChI=1S/C12H18O3/c1-12(13,10-5-8-14-9-10)6-4-11-3-2-7-15-11/h5,8-9,11,13H,2-4,6-7H2,1H3. The molecule has 0 bridgehead atoms. The van der Waals surface area contributed by atoms with Gasteiger partial charge >= 0.3 is 0 Å². The highest BCUT2D eigenvalue weighted by atomic mass is 16.5. The van der Waals surface area contributed by atoms with Crippen molar-refractivity contribution in [2.45, 2.75) is 44.3 Å². The van der Waals surface area contributed by atoms with Gasteiger partial charge in [-0.2, -0.15) is 0 Å². The van der Waals surface area contributed by atoms with Crippen LogP contribution in [0.4, 0.5) is 0 Å². The molecular weight excluding hydrogens is 192 g/mol. The van der Waals surface area contributed by atoms with Gasteiger partial charge in [-0.1, -0.05) is 0 Å². The summed E-state index contributed by atoms with van der Waals surface area (Å²) >= 11 is 0. The average Bonchev–Trinajstić information content (AvgIpc) is 2.88.